The van der Waals surface area contributed by atoms with Crippen LogP contribution in [0.3, 0.4) is 0 Å². The molecule has 0 fully saturated rings. The van der Waals surface area contributed by atoms with E-state index in [1.54, 1.807) is 0 Å². The first-order valence-corrected chi connectivity index (χ1v) is 9.59. The number of para-hydroxylation sites is 2. The fraction of sp³-hybridized carbons (Fsp3) is 0.0385. The van der Waals surface area contributed by atoms with E-state index in [2.05, 4.69) is 102 Å². The normalized spacial score (nSPS) is 11.8. The van der Waals surface area contributed by atoms with Crippen molar-refractivity contribution < 1.29 is 0 Å². The lowest BCUT2D eigenvalue weighted by Crippen LogP contribution is -1.97. The average molecular weight is 358 g/mol. The smallest absolute Gasteiger partial charge is 0.0726 e. The van der Waals surface area contributed by atoms with E-state index < -0.39 is 0 Å². The summed E-state index contributed by atoms with van der Waals surface area (Å²) in [5.41, 5.74) is 5.77. The fourth-order valence-electron chi connectivity index (χ4n) is 4.52. The molecule has 0 aliphatic rings. The second-order valence-electron chi connectivity index (χ2n) is 7.29. The number of pyridine rings is 1. The van der Waals surface area contributed by atoms with E-state index in [1.165, 1.54) is 43.7 Å². The third-order valence-electron chi connectivity index (χ3n) is 5.69. The molecule has 2 heteroatoms. The van der Waals surface area contributed by atoms with Gasteiger partial charge in [0.1, 0.15) is 0 Å². The molecule has 6 aromatic rings. The number of rotatable bonds is 1. The highest BCUT2D eigenvalue weighted by Gasteiger charge is 2.18. The summed E-state index contributed by atoms with van der Waals surface area (Å²) in [7, 11) is 0. The minimum Gasteiger partial charge on any atom is -0.308 e. The average Bonchev–Trinajstić information content (AvgIpc) is 3.09. The van der Waals surface area contributed by atoms with Crippen molar-refractivity contribution >= 4 is 43.5 Å². The van der Waals surface area contributed by atoms with Gasteiger partial charge in [0, 0.05) is 27.2 Å². The molecule has 0 bridgehead atoms. The van der Waals surface area contributed by atoms with Crippen LogP contribution < -0.4 is 0 Å². The van der Waals surface area contributed by atoms with Gasteiger partial charge in [0.2, 0.25) is 0 Å². The Hall–Kier alpha value is -3.65. The minimum absolute atomic E-state index is 1.04. The van der Waals surface area contributed by atoms with Gasteiger partial charge in [-0.25, -0.2) is 0 Å². The first kappa shape index (κ1) is 15.4. The van der Waals surface area contributed by atoms with Gasteiger partial charge in [0.15, 0.2) is 0 Å². The summed E-state index contributed by atoms with van der Waals surface area (Å²) in [4.78, 5) is 4.91. The Balaban J connectivity index is 1.94. The first-order valence-electron chi connectivity index (χ1n) is 9.59. The summed E-state index contributed by atoms with van der Waals surface area (Å²) in [5.74, 6) is 0. The molecule has 0 amide bonds. The van der Waals surface area contributed by atoms with Gasteiger partial charge in [-0.1, -0.05) is 72.8 Å². The second-order valence-corrected chi connectivity index (χ2v) is 7.29. The van der Waals surface area contributed by atoms with Crippen LogP contribution in [0.4, 0.5) is 0 Å². The molecule has 6 rings (SSSR count). The lowest BCUT2D eigenvalue weighted by atomic mass is 10.1. The Kier molecular flexibility index (Phi) is 3.12. The summed E-state index contributed by atoms with van der Waals surface area (Å²) in [6.07, 6.45) is 0. The number of aryl methyl sites for hydroxylation is 1. The van der Waals surface area contributed by atoms with Gasteiger partial charge in [-0.15, -0.1) is 0 Å². The maximum atomic E-state index is 4.91. The first-order chi connectivity index (χ1) is 13.8. The summed E-state index contributed by atoms with van der Waals surface area (Å²) in [6, 6.07) is 32.3. The Morgan fingerprint density at radius 2 is 1.32 bits per heavy atom. The topological polar surface area (TPSA) is 17.8 Å². The molecule has 0 unspecified atom stereocenters. The molecule has 2 heterocycles. The van der Waals surface area contributed by atoms with Crippen LogP contribution in [0.5, 0.6) is 0 Å². The fourth-order valence-corrected chi connectivity index (χ4v) is 4.52. The van der Waals surface area contributed by atoms with Crippen molar-refractivity contribution in [1.82, 2.24) is 9.55 Å². The molecule has 0 saturated carbocycles. The molecule has 0 radical (unpaired) electrons. The van der Waals surface area contributed by atoms with Gasteiger partial charge in [-0.2, -0.15) is 0 Å². The molecule has 0 spiro atoms. The zero-order valence-electron chi connectivity index (χ0n) is 15.6. The van der Waals surface area contributed by atoms with E-state index in [1.807, 2.05) is 0 Å². The molecule has 2 nitrogen and oxygen atoms in total. The van der Waals surface area contributed by atoms with E-state index in [0.29, 0.717) is 0 Å². The number of hydrogen-bond donors (Lipinski definition) is 0. The quantitative estimate of drug-likeness (QED) is 0.316. The van der Waals surface area contributed by atoms with Crippen molar-refractivity contribution in [3.63, 3.8) is 0 Å². The van der Waals surface area contributed by atoms with Crippen molar-refractivity contribution in [3.8, 4) is 5.69 Å². The van der Waals surface area contributed by atoms with Gasteiger partial charge in [-0.05, 0) is 30.5 Å². The number of aromatic nitrogens is 2. The summed E-state index contributed by atoms with van der Waals surface area (Å²) < 4.78 is 2.42. The highest BCUT2D eigenvalue weighted by Crippen LogP contribution is 2.38. The van der Waals surface area contributed by atoms with Gasteiger partial charge < -0.3 is 4.57 Å². The molecule has 2 aromatic heterocycles. The second kappa shape index (κ2) is 5.67. The van der Waals surface area contributed by atoms with E-state index in [-0.39, 0.29) is 0 Å². The highest BCUT2D eigenvalue weighted by molar-refractivity contribution is 6.19. The molecule has 4 aromatic carbocycles. The standard InChI is InChI=1S/C26H18N2/c1-17-25-21-13-5-7-15-24(21)28(26(25)20-12-4-6-14-22(20)27-17)23-16-8-10-18-9-2-3-11-19(18)23/h2-16H,1H3. The van der Waals surface area contributed by atoms with Crippen molar-refractivity contribution in [2.75, 3.05) is 0 Å². The van der Waals surface area contributed by atoms with E-state index >= 15 is 0 Å². The number of nitrogens with zero attached hydrogens (tertiary/aromatic N) is 2. The van der Waals surface area contributed by atoms with Crippen molar-refractivity contribution in [2.45, 2.75) is 6.92 Å². The zero-order chi connectivity index (χ0) is 18.7. The minimum atomic E-state index is 1.04. The number of fused-ring (bicyclic) bond motifs is 6. The van der Waals surface area contributed by atoms with Crippen molar-refractivity contribution in [3.05, 3.63) is 96.7 Å². The van der Waals surface area contributed by atoms with Gasteiger partial charge in [0.25, 0.3) is 0 Å². The Morgan fingerprint density at radius 1 is 0.643 bits per heavy atom. The number of benzene rings is 4. The third kappa shape index (κ3) is 2.00. The summed E-state index contributed by atoms with van der Waals surface area (Å²) >= 11 is 0. The van der Waals surface area contributed by atoms with Crippen LogP contribution in [-0.2, 0) is 0 Å². The molecule has 132 valence electrons. The SMILES string of the molecule is Cc1nc2ccccc2c2c1c1ccccc1n2-c1cccc2ccccc12. The largest absolute Gasteiger partial charge is 0.308 e. The molecule has 0 N–H and O–H groups in total. The maximum absolute atomic E-state index is 4.91. The Morgan fingerprint density at radius 3 is 2.21 bits per heavy atom. The Labute approximate surface area is 162 Å². The van der Waals surface area contributed by atoms with E-state index in [4.69, 9.17) is 4.98 Å². The van der Waals surface area contributed by atoms with Crippen LogP contribution in [-0.4, -0.2) is 9.55 Å². The molecular weight excluding hydrogens is 340 g/mol. The molecular formula is C26H18N2. The van der Waals surface area contributed by atoms with Crippen LogP contribution in [0.15, 0.2) is 91.0 Å². The van der Waals surface area contributed by atoms with Gasteiger partial charge >= 0.3 is 0 Å². The molecule has 0 aliphatic heterocycles. The molecule has 28 heavy (non-hydrogen) atoms. The zero-order valence-corrected chi connectivity index (χ0v) is 15.6. The maximum Gasteiger partial charge on any atom is 0.0726 e. The van der Waals surface area contributed by atoms with Gasteiger partial charge in [-0.3, -0.25) is 4.98 Å². The predicted octanol–water partition coefficient (Wildman–Crippen LogP) is 6.79. The summed E-state index contributed by atoms with van der Waals surface area (Å²) in [6.45, 7) is 2.12. The van der Waals surface area contributed by atoms with Crippen LogP contribution in [0, 0.1) is 6.92 Å². The predicted molar refractivity (Wildman–Crippen MR) is 118 cm³/mol. The molecule has 0 aliphatic carbocycles. The lowest BCUT2D eigenvalue weighted by molar-refractivity contribution is 1.20. The van der Waals surface area contributed by atoms with E-state index in [9.17, 15) is 0 Å². The van der Waals surface area contributed by atoms with Crippen LogP contribution in [0.25, 0.3) is 49.2 Å². The lowest BCUT2D eigenvalue weighted by Gasteiger charge is -2.13. The van der Waals surface area contributed by atoms with Gasteiger partial charge in [0.05, 0.1) is 22.2 Å². The van der Waals surface area contributed by atoms with Crippen LogP contribution in [0.1, 0.15) is 5.69 Å². The molecule has 0 saturated heterocycles. The van der Waals surface area contributed by atoms with Crippen molar-refractivity contribution in [2.24, 2.45) is 0 Å². The summed E-state index contributed by atoms with van der Waals surface area (Å²) in [5, 5.41) is 6.18. The highest BCUT2D eigenvalue weighted by atomic mass is 15.0. The van der Waals surface area contributed by atoms with E-state index in [0.717, 1.165) is 11.2 Å². The van der Waals surface area contributed by atoms with Crippen molar-refractivity contribution in [1.29, 1.82) is 0 Å². The van der Waals surface area contributed by atoms with Crippen LogP contribution in [0.2, 0.25) is 0 Å². The Bertz CT molecular complexity index is 1520. The monoisotopic (exact) mass is 358 g/mol. The number of hydrogen-bond acceptors (Lipinski definition) is 1. The molecule has 0 atom stereocenters. The van der Waals surface area contributed by atoms with Crippen LogP contribution >= 0.6 is 0 Å². The third-order valence-corrected chi connectivity index (χ3v) is 5.69.